The van der Waals surface area contributed by atoms with Crippen molar-refractivity contribution in [1.29, 1.82) is 0 Å². The van der Waals surface area contributed by atoms with Crippen LogP contribution in [0.3, 0.4) is 0 Å². The summed E-state index contributed by atoms with van der Waals surface area (Å²) >= 11 is 3.92. The number of carbonyl (C=O) groups is 4. The zero-order valence-electron chi connectivity index (χ0n) is 15.1. The second kappa shape index (κ2) is 10.4. The van der Waals surface area contributed by atoms with E-state index >= 15 is 0 Å². The minimum atomic E-state index is -1.20. The number of carbonyl (C=O) groups excluding carboxylic acids is 3. The first kappa shape index (κ1) is 22.2. The van der Waals surface area contributed by atoms with Crippen molar-refractivity contribution in [2.45, 2.75) is 51.2 Å². The van der Waals surface area contributed by atoms with Gasteiger partial charge >= 0.3 is 5.97 Å². The van der Waals surface area contributed by atoms with Crippen molar-refractivity contribution in [3.8, 4) is 0 Å². The Morgan fingerprint density at radius 3 is 2.46 bits per heavy atom. The summed E-state index contributed by atoms with van der Waals surface area (Å²) in [6, 6.07) is -2.70. The van der Waals surface area contributed by atoms with Gasteiger partial charge in [0.05, 0.1) is 6.54 Å². The first-order valence-electron chi connectivity index (χ1n) is 8.70. The van der Waals surface area contributed by atoms with Crippen molar-refractivity contribution in [1.82, 2.24) is 15.5 Å². The Morgan fingerprint density at radius 1 is 1.31 bits per heavy atom. The zero-order valence-corrected chi connectivity index (χ0v) is 16.0. The lowest BCUT2D eigenvalue weighted by molar-refractivity contribution is -0.142. The molecule has 0 saturated carbocycles. The number of carboxylic acid groups (broad SMARTS) is 1. The summed E-state index contributed by atoms with van der Waals surface area (Å²) in [5, 5.41) is 14.1. The molecular weight excluding hydrogens is 360 g/mol. The third-order valence-corrected chi connectivity index (χ3v) is 5.01. The Hall–Kier alpha value is -1.81. The molecule has 0 spiro atoms. The number of nitrogens with two attached hydrogens (primary N) is 1. The molecule has 0 aliphatic carbocycles. The van der Waals surface area contributed by atoms with Gasteiger partial charge in [-0.05, 0) is 18.8 Å². The number of nitrogens with one attached hydrogen (secondary N) is 2. The molecule has 10 heteroatoms. The average Bonchev–Trinajstić information content (AvgIpc) is 3.11. The largest absolute Gasteiger partial charge is 0.480 e. The predicted octanol–water partition coefficient (Wildman–Crippen LogP) is -1.03. The van der Waals surface area contributed by atoms with E-state index in [-0.39, 0.29) is 24.1 Å². The summed E-state index contributed by atoms with van der Waals surface area (Å²) in [6.45, 7) is 3.93. The molecule has 1 rings (SSSR count). The molecule has 0 aromatic rings. The van der Waals surface area contributed by atoms with Crippen LogP contribution in [0.15, 0.2) is 0 Å². The van der Waals surface area contributed by atoms with E-state index < -0.39 is 35.9 Å². The maximum absolute atomic E-state index is 12.6. The Bertz CT molecular complexity index is 545. The molecule has 5 N–H and O–H groups in total. The van der Waals surface area contributed by atoms with Crippen LogP contribution >= 0.6 is 12.6 Å². The van der Waals surface area contributed by atoms with Gasteiger partial charge in [0.2, 0.25) is 17.7 Å². The highest BCUT2D eigenvalue weighted by Gasteiger charge is 2.36. The molecule has 1 fully saturated rings. The van der Waals surface area contributed by atoms with Crippen LogP contribution in [0.4, 0.5) is 0 Å². The van der Waals surface area contributed by atoms with Gasteiger partial charge < -0.3 is 26.4 Å². The summed E-state index contributed by atoms with van der Waals surface area (Å²) in [7, 11) is 0. The molecule has 1 saturated heterocycles. The van der Waals surface area contributed by atoms with Crippen LogP contribution in [0.25, 0.3) is 0 Å². The summed E-state index contributed by atoms with van der Waals surface area (Å²) < 4.78 is 0. The van der Waals surface area contributed by atoms with E-state index in [0.29, 0.717) is 25.8 Å². The number of hydrogen-bond donors (Lipinski definition) is 5. The van der Waals surface area contributed by atoms with E-state index in [0.717, 1.165) is 0 Å². The predicted molar refractivity (Wildman–Crippen MR) is 98.6 cm³/mol. The maximum atomic E-state index is 12.6. The van der Waals surface area contributed by atoms with E-state index in [2.05, 4.69) is 23.3 Å². The van der Waals surface area contributed by atoms with Gasteiger partial charge in [-0.1, -0.05) is 20.3 Å². The van der Waals surface area contributed by atoms with Crippen molar-refractivity contribution in [2.24, 2.45) is 11.7 Å². The summed E-state index contributed by atoms with van der Waals surface area (Å²) in [5.41, 5.74) is 5.38. The van der Waals surface area contributed by atoms with E-state index in [1.54, 1.807) is 6.92 Å². The molecule has 1 aliphatic rings. The van der Waals surface area contributed by atoms with Crippen LogP contribution in [0.5, 0.6) is 0 Å². The van der Waals surface area contributed by atoms with Crippen molar-refractivity contribution in [2.75, 3.05) is 18.8 Å². The molecule has 0 aromatic heterocycles. The summed E-state index contributed by atoms with van der Waals surface area (Å²) in [6.07, 6.45) is 1.79. The van der Waals surface area contributed by atoms with Gasteiger partial charge in [-0.3, -0.25) is 14.4 Å². The van der Waals surface area contributed by atoms with Crippen molar-refractivity contribution >= 4 is 36.3 Å². The molecule has 1 aliphatic heterocycles. The number of hydrogen-bond acceptors (Lipinski definition) is 6. The topological polar surface area (TPSA) is 142 Å². The maximum Gasteiger partial charge on any atom is 0.327 e. The lowest BCUT2D eigenvalue weighted by atomic mass is 9.97. The van der Waals surface area contributed by atoms with Gasteiger partial charge in [0.25, 0.3) is 0 Å². The first-order valence-corrected chi connectivity index (χ1v) is 9.33. The summed E-state index contributed by atoms with van der Waals surface area (Å²) in [4.78, 5) is 49.6. The highest BCUT2D eigenvalue weighted by molar-refractivity contribution is 7.80. The van der Waals surface area contributed by atoms with Crippen LogP contribution in [0, 0.1) is 5.92 Å². The molecule has 9 nitrogen and oxygen atoms in total. The third-order valence-electron chi connectivity index (χ3n) is 4.64. The zero-order chi connectivity index (χ0) is 19.9. The Balaban J connectivity index is 2.86. The number of thiol groups is 1. The Kier molecular flexibility index (Phi) is 8.86. The SMILES string of the molecule is CCC(C)C(NC(=O)C1CCCN1C(=O)CN)C(=O)NC(CS)C(=O)O. The molecule has 0 bridgehead atoms. The highest BCUT2D eigenvalue weighted by Crippen LogP contribution is 2.18. The van der Waals surface area contributed by atoms with Crippen LogP contribution in [-0.4, -0.2) is 70.7 Å². The van der Waals surface area contributed by atoms with Gasteiger partial charge in [-0.2, -0.15) is 12.6 Å². The number of rotatable bonds is 9. The average molecular weight is 388 g/mol. The first-order chi connectivity index (χ1) is 12.3. The third kappa shape index (κ3) is 5.60. The standard InChI is InChI=1S/C16H28N4O5S/c1-3-9(2)13(15(23)18-10(8-26)16(24)25)19-14(22)11-5-4-6-20(11)12(21)7-17/h9-11,13,26H,3-8,17H2,1-2H3,(H,18,23)(H,19,22)(H,24,25). The minimum absolute atomic E-state index is 0.0658. The number of carboxylic acids is 1. The smallest absolute Gasteiger partial charge is 0.327 e. The molecule has 1 heterocycles. The van der Waals surface area contributed by atoms with E-state index in [1.807, 2.05) is 6.92 Å². The summed E-state index contributed by atoms with van der Waals surface area (Å²) in [5.74, 6) is -2.80. The molecule has 4 unspecified atom stereocenters. The molecule has 4 atom stereocenters. The van der Waals surface area contributed by atoms with Crippen molar-refractivity contribution in [3.05, 3.63) is 0 Å². The fraction of sp³-hybridized carbons (Fsp3) is 0.750. The number of nitrogens with zero attached hydrogens (tertiary/aromatic N) is 1. The molecule has 148 valence electrons. The molecular formula is C16H28N4O5S. The fourth-order valence-corrected chi connectivity index (χ4v) is 3.10. The lowest BCUT2D eigenvalue weighted by Gasteiger charge is -2.29. The molecule has 0 aromatic carbocycles. The van der Waals surface area contributed by atoms with Gasteiger partial charge in [-0.25, -0.2) is 4.79 Å². The van der Waals surface area contributed by atoms with Crippen molar-refractivity contribution in [3.63, 3.8) is 0 Å². The quantitative estimate of drug-likeness (QED) is 0.320. The van der Waals surface area contributed by atoms with Crippen LogP contribution < -0.4 is 16.4 Å². The Morgan fingerprint density at radius 2 is 1.96 bits per heavy atom. The van der Waals surface area contributed by atoms with E-state index in [9.17, 15) is 19.2 Å². The minimum Gasteiger partial charge on any atom is -0.480 e. The van der Waals surface area contributed by atoms with Crippen molar-refractivity contribution < 1.29 is 24.3 Å². The Labute approximate surface area is 158 Å². The van der Waals surface area contributed by atoms with Gasteiger partial charge in [0.15, 0.2) is 0 Å². The number of likely N-dealkylation sites (tertiary alicyclic amines) is 1. The molecule has 3 amide bonds. The van der Waals surface area contributed by atoms with Gasteiger partial charge in [-0.15, -0.1) is 0 Å². The van der Waals surface area contributed by atoms with Crippen LogP contribution in [-0.2, 0) is 19.2 Å². The van der Waals surface area contributed by atoms with Gasteiger partial charge in [0.1, 0.15) is 18.1 Å². The number of aliphatic carboxylic acids is 1. The van der Waals surface area contributed by atoms with Gasteiger partial charge in [0, 0.05) is 12.3 Å². The van der Waals surface area contributed by atoms with E-state index in [1.165, 1.54) is 4.90 Å². The molecule has 26 heavy (non-hydrogen) atoms. The second-order valence-electron chi connectivity index (χ2n) is 6.40. The monoisotopic (exact) mass is 388 g/mol. The second-order valence-corrected chi connectivity index (χ2v) is 6.77. The van der Waals surface area contributed by atoms with Crippen LogP contribution in [0.1, 0.15) is 33.1 Å². The molecule has 0 radical (unpaired) electrons. The fourth-order valence-electron chi connectivity index (χ4n) is 2.85. The van der Waals surface area contributed by atoms with Crippen LogP contribution in [0.2, 0.25) is 0 Å². The number of amides is 3. The normalized spacial score (nSPS) is 20.2. The highest BCUT2D eigenvalue weighted by atomic mass is 32.1. The van der Waals surface area contributed by atoms with E-state index in [4.69, 9.17) is 10.8 Å². The lowest BCUT2D eigenvalue weighted by Crippen LogP contribution is -2.57.